The molecule has 2 aliphatic carbocycles. The SMILES string of the molecule is CC1=C(C)CC2C(=O)OC(=O)C2C1.CC1=CC(C)C2C(=O)OC(=O)C2C1.C[Si](C)(C)O[Si](C)(C)O[Si](C)(C)C. The third kappa shape index (κ3) is 9.73. The molecule has 11 heteroatoms. The number of esters is 4. The molecule has 0 aromatic rings. The Kier molecular flexibility index (Phi) is 10.7. The zero-order chi connectivity index (χ0) is 30.1. The highest BCUT2D eigenvalue weighted by Crippen LogP contribution is 2.40. The molecule has 0 aromatic carbocycles. The number of cyclic esters (lactones) is 4. The predicted octanol–water partition coefficient (Wildman–Crippen LogP) is 6.11. The van der Waals surface area contributed by atoms with E-state index >= 15 is 0 Å². The van der Waals surface area contributed by atoms with Crippen molar-refractivity contribution in [2.75, 3.05) is 0 Å². The van der Waals surface area contributed by atoms with Gasteiger partial charge in [0, 0.05) is 0 Å². The van der Waals surface area contributed by atoms with Crippen LogP contribution in [0, 0.1) is 29.6 Å². The minimum atomic E-state index is -1.85. The van der Waals surface area contributed by atoms with Gasteiger partial charge in [0.25, 0.3) is 0 Å². The second kappa shape index (κ2) is 12.5. The van der Waals surface area contributed by atoms with Crippen LogP contribution in [-0.4, -0.2) is 49.1 Å². The molecule has 39 heavy (non-hydrogen) atoms. The molecule has 0 spiro atoms. The molecule has 2 heterocycles. The second-order valence-electron chi connectivity index (χ2n) is 13.7. The van der Waals surface area contributed by atoms with Gasteiger partial charge in [0.05, 0.1) is 23.7 Å². The van der Waals surface area contributed by atoms with Gasteiger partial charge < -0.3 is 17.7 Å². The van der Waals surface area contributed by atoms with Gasteiger partial charge in [-0.3, -0.25) is 19.2 Å². The van der Waals surface area contributed by atoms with E-state index in [4.69, 9.17) is 8.23 Å². The van der Waals surface area contributed by atoms with Gasteiger partial charge in [0.1, 0.15) is 0 Å². The van der Waals surface area contributed by atoms with Crippen molar-refractivity contribution in [3.8, 4) is 0 Å². The zero-order valence-corrected chi connectivity index (χ0v) is 28.9. The number of hydrogen-bond donors (Lipinski definition) is 0. The summed E-state index contributed by atoms with van der Waals surface area (Å²) < 4.78 is 21.4. The molecular formula is C28H48O8Si3. The smallest absolute Gasteiger partial charge is 0.318 e. The summed E-state index contributed by atoms with van der Waals surface area (Å²) in [5, 5.41) is 0. The maximum Gasteiger partial charge on any atom is 0.318 e. The Balaban J connectivity index is 0.000000205. The Morgan fingerprint density at radius 2 is 1.03 bits per heavy atom. The molecular weight excluding hydrogens is 549 g/mol. The maximum atomic E-state index is 11.3. The van der Waals surface area contributed by atoms with E-state index < -0.39 is 25.2 Å². The zero-order valence-electron chi connectivity index (χ0n) is 25.9. The molecule has 8 nitrogen and oxygen atoms in total. The minimum Gasteiger partial charge on any atom is -0.437 e. The van der Waals surface area contributed by atoms with E-state index in [0.717, 1.165) is 0 Å². The topological polar surface area (TPSA) is 105 Å². The predicted molar refractivity (Wildman–Crippen MR) is 158 cm³/mol. The van der Waals surface area contributed by atoms with Crippen molar-refractivity contribution in [2.24, 2.45) is 29.6 Å². The van der Waals surface area contributed by atoms with Crippen molar-refractivity contribution < 1.29 is 36.9 Å². The third-order valence-electron chi connectivity index (χ3n) is 7.04. The van der Waals surface area contributed by atoms with E-state index in [-0.39, 0.29) is 53.5 Å². The summed E-state index contributed by atoms with van der Waals surface area (Å²) in [5.41, 5.74) is 3.64. The molecule has 2 aliphatic heterocycles. The number of rotatable bonds is 4. The van der Waals surface area contributed by atoms with Gasteiger partial charge in [-0.2, -0.15) is 0 Å². The average molecular weight is 597 g/mol. The number of fused-ring (bicyclic) bond motifs is 2. The number of carbonyl (C=O) groups excluding carboxylic acids is 4. The Morgan fingerprint density at radius 1 is 0.641 bits per heavy atom. The van der Waals surface area contributed by atoms with Crippen LogP contribution in [-0.2, 0) is 36.9 Å². The molecule has 5 atom stereocenters. The van der Waals surface area contributed by atoms with E-state index in [0.29, 0.717) is 19.3 Å². The lowest BCUT2D eigenvalue weighted by molar-refractivity contribution is -0.155. The lowest BCUT2D eigenvalue weighted by Crippen LogP contribution is -2.50. The first kappa shape index (κ1) is 33.5. The summed E-state index contributed by atoms with van der Waals surface area (Å²) in [6.45, 7) is 25.6. The van der Waals surface area contributed by atoms with Crippen molar-refractivity contribution in [1.82, 2.24) is 0 Å². The number of carbonyl (C=O) groups is 4. The fourth-order valence-electron chi connectivity index (χ4n) is 5.85. The molecule has 2 saturated heterocycles. The highest BCUT2D eigenvalue weighted by atomic mass is 28.5. The summed E-state index contributed by atoms with van der Waals surface area (Å²) in [6.07, 6.45) is 4.13. The van der Waals surface area contributed by atoms with E-state index in [1.54, 1.807) is 0 Å². The summed E-state index contributed by atoms with van der Waals surface area (Å²) >= 11 is 0. The van der Waals surface area contributed by atoms with Crippen LogP contribution in [0.1, 0.15) is 47.0 Å². The maximum absolute atomic E-state index is 11.3. The van der Waals surface area contributed by atoms with Gasteiger partial charge in [-0.05, 0) is 98.3 Å². The fourth-order valence-corrected chi connectivity index (χ4v) is 18.2. The highest BCUT2D eigenvalue weighted by molar-refractivity contribution is 6.87. The number of hydrogen-bond acceptors (Lipinski definition) is 8. The third-order valence-corrected chi connectivity index (χ3v) is 15.9. The van der Waals surface area contributed by atoms with Crippen molar-refractivity contribution in [3.63, 3.8) is 0 Å². The van der Waals surface area contributed by atoms with Crippen LogP contribution >= 0.6 is 0 Å². The second-order valence-corrected chi connectivity index (χ2v) is 26.6. The Hall–Kier alpha value is -1.67. The Labute approximate surface area is 237 Å². The van der Waals surface area contributed by atoms with Crippen LogP contribution in [0.3, 0.4) is 0 Å². The minimum absolute atomic E-state index is 0.137. The van der Waals surface area contributed by atoms with Crippen molar-refractivity contribution in [3.05, 3.63) is 22.8 Å². The van der Waals surface area contributed by atoms with Gasteiger partial charge in [-0.15, -0.1) is 0 Å². The van der Waals surface area contributed by atoms with Crippen molar-refractivity contribution >= 4 is 49.1 Å². The molecule has 2 fully saturated rings. The van der Waals surface area contributed by atoms with Gasteiger partial charge in [-0.25, -0.2) is 0 Å². The van der Waals surface area contributed by atoms with E-state index in [1.807, 2.05) is 27.7 Å². The normalized spacial score (nSPS) is 28.8. The summed E-state index contributed by atoms with van der Waals surface area (Å²) in [4.78, 5) is 44.9. The van der Waals surface area contributed by atoms with Gasteiger partial charge in [0.15, 0.2) is 16.6 Å². The van der Waals surface area contributed by atoms with Crippen molar-refractivity contribution in [2.45, 2.75) is 99.3 Å². The first-order valence-electron chi connectivity index (χ1n) is 13.8. The number of ether oxygens (including phenoxy) is 2. The van der Waals surface area contributed by atoms with E-state index in [2.05, 4.69) is 67.9 Å². The molecule has 4 rings (SSSR count). The molecule has 0 bridgehead atoms. The van der Waals surface area contributed by atoms with E-state index in [1.165, 1.54) is 16.7 Å². The lowest BCUT2D eigenvalue weighted by atomic mass is 9.76. The molecule has 0 aromatic heterocycles. The standard InChI is InChI=1S/2C10H12O3.C8H24O2Si3/c1-5-3-7-8(4-6(5)2)10(12)13-9(7)11;1-5-3-6(2)8-7(4-5)9(11)13-10(8)12;1-11(2,3)9-13(7,8)10-12(4,5)6/h7-8H,3-4H2,1-2H3;3,6-8H,4H2,1-2H3;1-8H3. The molecule has 4 aliphatic rings. The Bertz CT molecular complexity index is 1000. The highest BCUT2D eigenvalue weighted by Gasteiger charge is 2.48. The quantitative estimate of drug-likeness (QED) is 0.166. The molecule has 0 N–H and O–H groups in total. The van der Waals surface area contributed by atoms with Crippen LogP contribution in [0.2, 0.25) is 52.4 Å². The average Bonchev–Trinajstić information content (AvgIpc) is 3.14. The first-order valence-corrected chi connectivity index (χ1v) is 23.5. The van der Waals surface area contributed by atoms with Crippen LogP contribution < -0.4 is 0 Å². The monoisotopic (exact) mass is 596 g/mol. The Morgan fingerprint density at radius 3 is 1.44 bits per heavy atom. The van der Waals surface area contributed by atoms with Gasteiger partial charge in [0.2, 0.25) is 0 Å². The van der Waals surface area contributed by atoms with Crippen LogP contribution in [0.15, 0.2) is 22.8 Å². The molecule has 5 unspecified atom stereocenters. The molecule has 0 radical (unpaired) electrons. The van der Waals surface area contributed by atoms with Crippen molar-refractivity contribution in [1.29, 1.82) is 0 Å². The lowest BCUT2D eigenvalue weighted by Gasteiger charge is -2.35. The fraction of sp³-hybridized carbons (Fsp3) is 0.714. The van der Waals surface area contributed by atoms with Crippen LogP contribution in [0.25, 0.3) is 0 Å². The van der Waals surface area contributed by atoms with E-state index in [9.17, 15) is 19.2 Å². The summed E-state index contributed by atoms with van der Waals surface area (Å²) in [7, 11) is -4.72. The summed E-state index contributed by atoms with van der Waals surface area (Å²) in [6, 6.07) is 0. The largest absolute Gasteiger partial charge is 0.437 e. The van der Waals surface area contributed by atoms with Crippen LogP contribution in [0.4, 0.5) is 0 Å². The molecule has 0 amide bonds. The first-order chi connectivity index (χ1) is 17.6. The van der Waals surface area contributed by atoms with Crippen LogP contribution in [0.5, 0.6) is 0 Å². The number of allylic oxidation sites excluding steroid dienone is 4. The van der Waals surface area contributed by atoms with Gasteiger partial charge in [-0.1, -0.05) is 29.7 Å². The molecule has 220 valence electrons. The summed E-state index contributed by atoms with van der Waals surface area (Å²) in [5.74, 6) is -2.04. The molecule has 0 saturated carbocycles. The van der Waals surface area contributed by atoms with Gasteiger partial charge >= 0.3 is 32.4 Å².